The van der Waals surface area contributed by atoms with Gasteiger partial charge in [-0.25, -0.2) is 4.98 Å². The first-order valence-corrected chi connectivity index (χ1v) is 11.0. The number of unbranched alkanes of at least 4 members (excludes halogenated alkanes) is 1. The van der Waals surface area contributed by atoms with Crippen molar-refractivity contribution >= 4 is 22.4 Å². The van der Waals surface area contributed by atoms with Crippen molar-refractivity contribution in [2.75, 3.05) is 11.4 Å². The largest absolute Gasteiger partial charge is 0.481 e. The van der Waals surface area contributed by atoms with Gasteiger partial charge in [0.05, 0.1) is 5.69 Å². The molecule has 0 aliphatic heterocycles. The number of carboxylic acids is 1. The van der Waals surface area contributed by atoms with Gasteiger partial charge in [-0.3, -0.25) is 4.79 Å². The lowest BCUT2D eigenvalue weighted by molar-refractivity contribution is -0.137. The van der Waals surface area contributed by atoms with Crippen LogP contribution in [0.5, 0.6) is 0 Å². The topological polar surface area (TPSA) is 53.4 Å². The molecule has 1 N–H and O–H groups in total. The van der Waals surface area contributed by atoms with Crippen molar-refractivity contribution in [3.63, 3.8) is 0 Å². The van der Waals surface area contributed by atoms with Gasteiger partial charge < -0.3 is 10.0 Å². The Labute approximate surface area is 166 Å². The van der Waals surface area contributed by atoms with E-state index >= 15 is 0 Å². The maximum atomic E-state index is 10.8. The molecule has 1 aliphatic carbocycles. The van der Waals surface area contributed by atoms with Gasteiger partial charge in [-0.05, 0) is 37.2 Å². The van der Waals surface area contributed by atoms with Crippen LogP contribution < -0.4 is 4.90 Å². The molecule has 2 aromatic rings. The molecule has 27 heavy (non-hydrogen) atoms. The number of hydrogen-bond donors (Lipinski definition) is 1. The van der Waals surface area contributed by atoms with Gasteiger partial charge in [0.2, 0.25) is 0 Å². The molecule has 1 aliphatic rings. The van der Waals surface area contributed by atoms with Gasteiger partial charge in [0.15, 0.2) is 5.13 Å². The average molecular weight is 387 g/mol. The van der Waals surface area contributed by atoms with Crippen LogP contribution in [0, 0.1) is 0 Å². The van der Waals surface area contributed by atoms with Crippen LogP contribution in [0.2, 0.25) is 0 Å². The van der Waals surface area contributed by atoms with E-state index in [9.17, 15) is 4.79 Å². The Balaban J connectivity index is 1.71. The lowest BCUT2D eigenvalue weighted by atomic mass is 10.0. The molecule has 146 valence electrons. The van der Waals surface area contributed by atoms with Gasteiger partial charge in [-0.2, -0.15) is 0 Å². The van der Waals surface area contributed by atoms with Crippen LogP contribution >= 0.6 is 11.3 Å². The van der Waals surface area contributed by atoms with Crippen molar-refractivity contribution < 1.29 is 9.90 Å². The number of carbonyl (C=O) groups is 1. The summed E-state index contributed by atoms with van der Waals surface area (Å²) < 4.78 is 0. The average Bonchev–Trinajstić information content (AvgIpc) is 3.34. The Morgan fingerprint density at radius 1 is 1.22 bits per heavy atom. The molecule has 1 saturated carbocycles. The van der Waals surface area contributed by atoms with E-state index in [1.807, 2.05) is 0 Å². The summed E-state index contributed by atoms with van der Waals surface area (Å²) >= 11 is 1.71. The molecule has 0 saturated heterocycles. The van der Waals surface area contributed by atoms with Gasteiger partial charge in [-0.15, -0.1) is 11.3 Å². The van der Waals surface area contributed by atoms with Crippen LogP contribution in [0.15, 0.2) is 29.6 Å². The number of anilines is 1. The maximum absolute atomic E-state index is 10.8. The highest BCUT2D eigenvalue weighted by atomic mass is 32.1. The van der Waals surface area contributed by atoms with Gasteiger partial charge in [-0.1, -0.05) is 51.0 Å². The number of rotatable bonds is 9. The molecule has 5 heteroatoms. The predicted molar refractivity (Wildman–Crippen MR) is 113 cm³/mol. The molecule has 0 bridgehead atoms. The molecule has 1 aromatic carbocycles. The summed E-state index contributed by atoms with van der Waals surface area (Å²) in [5.41, 5.74) is 3.55. The number of thiazole rings is 1. The molecule has 0 radical (unpaired) electrons. The number of aromatic nitrogens is 1. The first-order chi connectivity index (χ1) is 13.0. The van der Waals surface area contributed by atoms with Crippen molar-refractivity contribution in [1.82, 2.24) is 4.98 Å². The molecule has 1 heterocycles. The number of nitrogens with zero attached hydrogens (tertiary/aromatic N) is 2. The second-order valence-electron chi connectivity index (χ2n) is 7.77. The molecule has 0 spiro atoms. The minimum absolute atomic E-state index is 0.254. The summed E-state index contributed by atoms with van der Waals surface area (Å²) in [6.45, 7) is 5.32. The molecule has 0 atom stereocenters. The monoisotopic (exact) mass is 386 g/mol. The molecular formula is C22H30N2O2S. The lowest BCUT2D eigenvalue weighted by Crippen LogP contribution is -2.34. The fraction of sp³-hybridized carbons (Fsp3) is 0.545. The van der Waals surface area contributed by atoms with E-state index in [-0.39, 0.29) is 6.42 Å². The normalized spacial score (nSPS) is 14.8. The fourth-order valence-electron chi connectivity index (χ4n) is 3.78. The Morgan fingerprint density at radius 2 is 1.93 bits per heavy atom. The van der Waals surface area contributed by atoms with Crippen molar-refractivity contribution in [3.05, 3.63) is 35.2 Å². The van der Waals surface area contributed by atoms with Crippen molar-refractivity contribution in [2.24, 2.45) is 0 Å². The summed E-state index contributed by atoms with van der Waals surface area (Å²) in [5.74, 6) is -0.169. The standard InChI is InChI=1S/C22H30N2O2S/c1-16(2)17-10-12-18(13-11-17)20-15-27-22(23-20)24(19-7-3-4-8-19)14-6-5-9-21(25)26/h10-13,15-16,19H,3-9,14H2,1-2H3,(H,25,26). The van der Waals surface area contributed by atoms with E-state index in [0.717, 1.165) is 30.2 Å². The van der Waals surface area contributed by atoms with Crippen molar-refractivity contribution in [1.29, 1.82) is 0 Å². The van der Waals surface area contributed by atoms with Gasteiger partial charge in [0.1, 0.15) is 0 Å². The van der Waals surface area contributed by atoms with Gasteiger partial charge in [0, 0.05) is 30.0 Å². The molecule has 0 unspecified atom stereocenters. The Bertz CT molecular complexity index is 733. The highest BCUT2D eigenvalue weighted by Gasteiger charge is 2.24. The van der Waals surface area contributed by atoms with Crippen LogP contribution in [-0.2, 0) is 4.79 Å². The molecule has 1 fully saturated rings. The van der Waals surface area contributed by atoms with E-state index in [1.54, 1.807) is 11.3 Å². The Kier molecular flexibility index (Phi) is 6.89. The minimum Gasteiger partial charge on any atom is -0.481 e. The summed E-state index contributed by atoms with van der Waals surface area (Å²) in [7, 11) is 0. The number of benzene rings is 1. The maximum Gasteiger partial charge on any atom is 0.303 e. The highest BCUT2D eigenvalue weighted by molar-refractivity contribution is 7.14. The van der Waals surface area contributed by atoms with E-state index in [1.165, 1.54) is 36.8 Å². The zero-order chi connectivity index (χ0) is 19.2. The number of aliphatic carboxylic acids is 1. The SMILES string of the molecule is CC(C)c1ccc(-c2csc(N(CCCCC(=O)O)C3CCCC3)n2)cc1. The summed E-state index contributed by atoms with van der Waals surface area (Å²) in [6, 6.07) is 9.28. The van der Waals surface area contributed by atoms with Crippen LogP contribution in [0.1, 0.15) is 70.3 Å². The Morgan fingerprint density at radius 3 is 2.56 bits per heavy atom. The second kappa shape index (κ2) is 9.36. The second-order valence-corrected chi connectivity index (χ2v) is 8.61. The van der Waals surface area contributed by atoms with Crippen LogP contribution in [0.25, 0.3) is 11.3 Å². The zero-order valence-electron chi connectivity index (χ0n) is 16.4. The molecule has 0 amide bonds. The molecule has 1 aromatic heterocycles. The van der Waals surface area contributed by atoms with E-state index in [2.05, 4.69) is 48.4 Å². The smallest absolute Gasteiger partial charge is 0.303 e. The van der Waals surface area contributed by atoms with Crippen molar-refractivity contribution in [2.45, 2.75) is 70.8 Å². The third-order valence-electron chi connectivity index (χ3n) is 5.42. The van der Waals surface area contributed by atoms with Gasteiger partial charge >= 0.3 is 5.97 Å². The summed E-state index contributed by atoms with van der Waals surface area (Å²) in [5, 5.41) is 12.1. The van der Waals surface area contributed by atoms with Crippen LogP contribution in [0.3, 0.4) is 0 Å². The van der Waals surface area contributed by atoms with E-state index in [4.69, 9.17) is 10.1 Å². The first kappa shape index (κ1) is 19.9. The quantitative estimate of drug-likeness (QED) is 0.542. The first-order valence-electron chi connectivity index (χ1n) is 10.1. The van der Waals surface area contributed by atoms with Gasteiger partial charge in [0.25, 0.3) is 0 Å². The molecule has 4 nitrogen and oxygen atoms in total. The minimum atomic E-state index is -0.705. The third kappa shape index (κ3) is 5.32. The number of hydrogen-bond acceptors (Lipinski definition) is 4. The van der Waals surface area contributed by atoms with Crippen LogP contribution in [-0.4, -0.2) is 28.6 Å². The van der Waals surface area contributed by atoms with E-state index < -0.39 is 5.97 Å². The fourth-order valence-corrected chi connectivity index (χ4v) is 4.71. The van der Waals surface area contributed by atoms with Crippen LogP contribution in [0.4, 0.5) is 5.13 Å². The number of carboxylic acid groups (broad SMARTS) is 1. The third-order valence-corrected chi connectivity index (χ3v) is 6.29. The predicted octanol–water partition coefficient (Wildman–Crippen LogP) is 5.94. The zero-order valence-corrected chi connectivity index (χ0v) is 17.2. The summed E-state index contributed by atoms with van der Waals surface area (Å²) in [4.78, 5) is 18.2. The molecular weight excluding hydrogens is 356 g/mol. The lowest BCUT2D eigenvalue weighted by Gasteiger charge is -2.28. The van der Waals surface area contributed by atoms with E-state index in [0.29, 0.717) is 12.0 Å². The molecule has 3 rings (SSSR count). The highest BCUT2D eigenvalue weighted by Crippen LogP contribution is 2.33. The van der Waals surface area contributed by atoms with Crippen molar-refractivity contribution in [3.8, 4) is 11.3 Å². The Hall–Kier alpha value is -1.88. The summed E-state index contributed by atoms with van der Waals surface area (Å²) in [6.07, 6.45) is 6.89.